The van der Waals surface area contributed by atoms with E-state index in [1.807, 2.05) is 0 Å². The van der Waals surface area contributed by atoms with Crippen molar-refractivity contribution in [2.75, 3.05) is 6.61 Å². The van der Waals surface area contributed by atoms with Gasteiger partial charge in [-0.2, -0.15) is 0 Å². The summed E-state index contributed by atoms with van der Waals surface area (Å²) in [7, 11) is 0. The van der Waals surface area contributed by atoms with Crippen LogP contribution >= 0.6 is 29.3 Å². The molecule has 1 aromatic carbocycles. The molecule has 0 saturated heterocycles. The highest BCUT2D eigenvalue weighted by molar-refractivity contribution is 7.99. The smallest absolute Gasteiger partial charge is 0.222 e. The van der Waals surface area contributed by atoms with E-state index in [0.29, 0.717) is 0 Å². The summed E-state index contributed by atoms with van der Waals surface area (Å²) in [4.78, 5) is 7.65. The lowest BCUT2D eigenvalue weighted by Gasteiger charge is -2.23. The van der Waals surface area contributed by atoms with Gasteiger partial charge in [0.15, 0.2) is 23.3 Å². The molecule has 1 unspecified atom stereocenters. The van der Waals surface area contributed by atoms with Gasteiger partial charge >= 0.3 is 0 Å². The number of halogens is 7. The van der Waals surface area contributed by atoms with Gasteiger partial charge in [-0.05, 0) is 36.3 Å². The zero-order chi connectivity index (χ0) is 19.9. The molecule has 0 heterocycles. The number of hydrogen-bond acceptors (Lipinski definition) is 3. The molecule has 2 N–H and O–H groups in total. The molecule has 0 aliphatic heterocycles. The fraction of sp³-hybridized carbons (Fsp3) is 0.429. The maximum Gasteiger partial charge on any atom is 0.222 e. The molecular weight excluding hydrogens is 413 g/mol. The maximum atomic E-state index is 13.4. The van der Waals surface area contributed by atoms with E-state index in [1.54, 1.807) is 13.8 Å². The van der Waals surface area contributed by atoms with Crippen molar-refractivity contribution in [1.82, 2.24) is 0 Å². The summed E-state index contributed by atoms with van der Waals surface area (Å²) in [6, 6.07) is 0. The first-order chi connectivity index (χ1) is 11.3. The first-order valence-electron chi connectivity index (χ1n) is 6.60. The number of rotatable bonds is 6. The van der Waals surface area contributed by atoms with Gasteiger partial charge in [0.2, 0.25) is 12.7 Å². The van der Waals surface area contributed by atoms with Crippen LogP contribution in [-0.4, -0.2) is 28.3 Å². The maximum absolute atomic E-state index is 13.4. The molecule has 0 aliphatic rings. The minimum absolute atomic E-state index is 0.349. The lowest BCUT2D eigenvalue weighted by Crippen LogP contribution is -2.29. The Morgan fingerprint density at radius 2 is 1.44 bits per heavy atom. The van der Waals surface area contributed by atoms with Crippen LogP contribution in [-0.2, 0) is 11.2 Å². The molecule has 0 aromatic heterocycles. The van der Waals surface area contributed by atoms with Crippen LogP contribution in [0.25, 0.3) is 0 Å². The zero-order valence-electron chi connectivity index (χ0n) is 13.2. The summed E-state index contributed by atoms with van der Waals surface area (Å²) in [5, 5.41) is 9.63. The Kier molecular flexibility index (Phi) is 10.4. The number of hydrogen-bond donors (Lipinski definition) is 2. The van der Waals surface area contributed by atoms with Crippen LogP contribution in [0.2, 0.25) is 0 Å². The van der Waals surface area contributed by atoms with E-state index in [1.165, 1.54) is 6.08 Å². The average Bonchev–Trinajstić information content (AvgIpc) is 2.53. The highest BCUT2D eigenvalue weighted by Crippen LogP contribution is 2.40. The molecule has 3 nitrogen and oxygen atoms in total. The van der Waals surface area contributed by atoms with Gasteiger partial charge in [0.05, 0.1) is 18.3 Å². The Balaban J connectivity index is 0.00000129. The van der Waals surface area contributed by atoms with Crippen LogP contribution in [0, 0.1) is 29.1 Å². The molecule has 0 amide bonds. The number of benzene rings is 1. The molecule has 0 aliphatic carbocycles. The van der Waals surface area contributed by atoms with Crippen molar-refractivity contribution in [2.45, 2.75) is 32.0 Å². The first-order valence-corrected chi connectivity index (χ1v) is 9.71. The van der Waals surface area contributed by atoms with Crippen LogP contribution in [0.5, 0.6) is 0 Å². The van der Waals surface area contributed by atoms with Gasteiger partial charge in [-0.3, -0.25) is 0 Å². The molecular formula is C14H16Cl2F5O3P. The highest BCUT2D eigenvalue weighted by atomic mass is 35.9. The summed E-state index contributed by atoms with van der Waals surface area (Å²) >= 11 is 9.32. The summed E-state index contributed by atoms with van der Waals surface area (Å²) in [5.41, 5.74) is -1.86. The molecule has 1 aromatic rings. The Bertz CT molecular complexity index is 571. The molecule has 11 heteroatoms. The molecule has 144 valence electrons. The van der Waals surface area contributed by atoms with Gasteiger partial charge < -0.3 is 14.7 Å². The Labute approximate surface area is 152 Å². The molecule has 0 bridgehead atoms. The second kappa shape index (κ2) is 10.6. The molecule has 0 spiro atoms. The van der Waals surface area contributed by atoms with Crippen LogP contribution in [0.1, 0.15) is 19.4 Å². The molecule has 25 heavy (non-hydrogen) atoms. The Morgan fingerprint density at radius 1 is 1.08 bits per heavy atom. The van der Waals surface area contributed by atoms with Crippen molar-refractivity contribution in [2.24, 2.45) is 0 Å². The fourth-order valence-electron chi connectivity index (χ4n) is 1.49. The topological polar surface area (TPSA) is 49.7 Å². The van der Waals surface area contributed by atoms with Gasteiger partial charge in [0, 0.05) is 12.0 Å². The molecule has 0 fully saturated rings. The molecule has 0 saturated carbocycles. The predicted molar refractivity (Wildman–Crippen MR) is 87.0 cm³/mol. The quantitative estimate of drug-likeness (QED) is 0.221. The molecule has 1 atom stereocenters. The second-order valence-corrected chi connectivity index (χ2v) is 8.11. The largest absolute Gasteiger partial charge is 0.390 e. The van der Waals surface area contributed by atoms with Crippen molar-refractivity contribution in [3.05, 3.63) is 47.3 Å². The standard InChI is InChI=1S/C14H15F5O2.Cl2HOP/c1-4-14(2,3)21-6-7(20)5-8-9(15)11(17)13(19)12(18)10(8)16;1-4(2)3/h4,7,20H,1,5-6H2,2-3H3;3H. The second-order valence-electron chi connectivity index (χ2n) is 5.24. The molecule has 1 rings (SSSR count). The van der Waals surface area contributed by atoms with E-state index in [0.717, 1.165) is 0 Å². The summed E-state index contributed by atoms with van der Waals surface area (Å²) < 4.78 is 70.9. The number of aliphatic hydroxyl groups is 1. The molecule has 0 radical (unpaired) electrons. The lowest BCUT2D eigenvalue weighted by atomic mass is 10.1. The van der Waals surface area contributed by atoms with E-state index in [9.17, 15) is 27.1 Å². The minimum atomic E-state index is -2.23. The number of aliphatic hydroxyl groups excluding tert-OH is 1. The average molecular weight is 429 g/mol. The van der Waals surface area contributed by atoms with Gasteiger partial charge in [0.1, 0.15) is 0 Å². The van der Waals surface area contributed by atoms with E-state index in [2.05, 4.69) is 29.1 Å². The third-order valence-electron chi connectivity index (χ3n) is 2.88. The van der Waals surface area contributed by atoms with Crippen molar-refractivity contribution < 1.29 is 36.7 Å². The summed E-state index contributed by atoms with van der Waals surface area (Å²) in [6.45, 7) is 4.72. The van der Waals surface area contributed by atoms with Gasteiger partial charge in [-0.15, -0.1) is 6.58 Å². The van der Waals surface area contributed by atoms with Crippen molar-refractivity contribution in [3.8, 4) is 0 Å². The minimum Gasteiger partial charge on any atom is -0.390 e. The zero-order valence-corrected chi connectivity index (χ0v) is 15.6. The summed E-state index contributed by atoms with van der Waals surface area (Å²) in [6.07, 6.45) is -0.755. The van der Waals surface area contributed by atoms with Gasteiger partial charge in [-0.25, -0.2) is 22.0 Å². The first kappa shape index (κ1) is 24.5. The van der Waals surface area contributed by atoms with Crippen molar-refractivity contribution in [1.29, 1.82) is 0 Å². The Hall–Kier alpha value is -0.500. The third kappa shape index (κ3) is 8.15. The van der Waals surface area contributed by atoms with E-state index < -0.39 is 59.6 Å². The van der Waals surface area contributed by atoms with Crippen LogP contribution in [0.15, 0.2) is 12.7 Å². The van der Waals surface area contributed by atoms with Crippen LogP contribution in [0.3, 0.4) is 0 Å². The third-order valence-corrected chi connectivity index (χ3v) is 2.88. The monoisotopic (exact) mass is 428 g/mol. The normalized spacial score (nSPS) is 12.6. The van der Waals surface area contributed by atoms with Crippen molar-refractivity contribution >= 4 is 29.3 Å². The van der Waals surface area contributed by atoms with E-state index in [4.69, 9.17) is 9.63 Å². The summed E-state index contributed by atoms with van der Waals surface area (Å²) in [5.74, 6) is -10.2. The Morgan fingerprint density at radius 3 is 1.80 bits per heavy atom. The van der Waals surface area contributed by atoms with Crippen LogP contribution < -0.4 is 0 Å². The van der Waals surface area contributed by atoms with Crippen LogP contribution in [0.4, 0.5) is 22.0 Å². The lowest BCUT2D eigenvalue weighted by molar-refractivity contribution is -0.0326. The van der Waals surface area contributed by atoms with E-state index in [-0.39, 0.29) is 6.61 Å². The predicted octanol–water partition coefficient (Wildman–Crippen LogP) is 4.95. The van der Waals surface area contributed by atoms with Crippen molar-refractivity contribution in [3.63, 3.8) is 0 Å². The van der Waals surface area contributed by atoms with Gasteiger partial charge in [0.25, 0.3) is 0 Å². The number of ether oxygens (including phenoxy) is 1. The SMILES string of the molecule is C=CC(C)(C)OCC(O)Cc1c(F)c(F)c(F)c(F)c1F.OP(Cl)Cl. The van der Waals surface area contributed by atoms with E-state index >= 15 is 0 Å². The fourth-order valence-corrected chi connectivity index (χ4v) is 1.49. The van der Waals surface area contributed by atoms with Gasteiger partial charge in [-0.1, -0.05) is 6.08 Å². The highest BCUT2D eigenvalue weighted by Gasteiger charge is 2.27.